The van der Waals surface area contributed by atoms with E-state index < -0.39 is 11.5 Å². The van der Waals surface area contributed by atoms with Crippen molar-refractivity contribution in [2.45, 2.75) is 13.8 Å². The number of hydrogen-bond donors (Lipinski definition) is 2. The Bertz CT molecular complexity index is 925. The van der Waals surface area contributed by atoms with Gasteiger partial charge in [-0.25, -0.2) is 14.8 Å². The van der Waals surface area contributed by atoms with Gasteiger partial charge in [0.1, 0.15) is 12.0 Å². The number of rotatable bonds is 2. The van der Waals surface area contributed by atoms with Crippen molar-refractivity contribution in [1.82, 2.24) is 24.7 Å². The van der Waals surface area contributed by atoms with Gasteiger partial charge in [0, 0.05) is 17.8 Å². The SMILES string of the molecule is Cc1cc(-n2nc(C)c3c(C(=O)O)cc(=O)[nH]c32)ncn1. The average Bonchev–Trinajstić information content (AvgIpc) is 2.75. The summed E-state index contributed by atoms with van der Waals surface area (Å²) in [5, 5.41) is 13.9. The summed E-state index contributed by atoms with van der Waals surface area (Å²) in [7, 11) is 0. The van der Waals surface area contributed by atoms with Gasteiger partial charge in [0.15, 0.2) is 5.82 Å². The van der Waals surface area contributed by atoms with Crippen molar-refractivity contribution < 1.29 is 9.90 Å². The highest BCUT2D eigenvalue weighted by molar-refractivity contribution is 6.02. The number of hydrogen-bond acceptors (Lipinski definition) is 5. The van der Waals surface area contributed by atoms with E-state index in [4.69, 9.17) is 0 Å². The van der Waals surface area contributed by atoms with Gasteiger partial charge >= 0.3 is 5.97 Å². The minimum atomic E-state index is -1.17. The highest BCUT2D eigenvalue weighted by atomic mass is 16.4. The lowest BCUT2D eigenvalue weighted by Gasteiger charge is -2.03. The second-order valence-electron chi connectivity index (χ2n) is 4.59. The number of carboxylic acid groups (broad SMARTS) is 1. The topological polar surface area (TPSA) is 114 Å². The van der Waals surface area contributed by atoms with Crippen LogP contribution in [0.15, 0.2) is 23.3 Å². The van der Waals surface area contributed by atoms with Gasteiger partial charge in [-0.1, -0.05) is 0 Å². The van der Waals surface area contributed by atoms with Gasteiger partial charge in [-0.2, -0.15) is 9.78 Å². The zero-order chi connectivity index (χ0) is 15.1. The Morgan fingerprint density at radius 1 is 1.29 bits per heavy atom. The summed E-state index contributed by atoms with van der Waals surface area (Å²) in [4.78, 5) is 33.7. The molecule has 0 aliphatic carbocycles. The number of carbonyl (C=O) groups is 1. The Hall–Kier alpha value is -3.03. The fourth-order valence-electron chi connectivity index (χ4n) is 2.21. The summed E-state index contributed by atoms with van der Waals surface area (Å²) in [6.07, 6.45) is 1.38. The highest BCUT2D eigenvalue weighted by Crippen LogP contribution is 2.21. The van der Waals surface area contributed by atoms with Crippen molar-refractivity contribution in [3.8, 4) is 5.82 Å². The molecule has 0 spiro atoms. The Morgan fingerprint density at radius 3 is 2.71 bits per heavy atom. The molecule has 3 aromatic rings. The van der Waals surface area contributed by atoms with Crippen LogP contribution in [0.3, 0.4) is 0 Å². The molecule has 0 saturated carbocycles. The Kier molecular flexibility index (Phi) is 2.79. The maximum absolute atomic E-state index is 11.7. The van der Waals surface area contributed by atoms with E-state index in [1.54, 1.807) is 19.9 Å². The van der Waals surface area contributed by atoms with Crippen LogP contribution >= 0.6 is 0 Å². The third-order valence-corrected chi connectivity index (χ3v) is 3.08. The summed E-state index contributed by atoms with van der Waals surface area (Å²) >= 11 is 0. The molecule has 0 bridgehead atoms. The number of H-pyrrole nitrogens is 1. The summed E-state index contributed by atoms with van der Waals surface area (Å²) in [6, 6.07) is 2.74. The van der Waals surface area contributed by atoms with E-state index in [2.05, 4.69) is 20.1 Å². The minimum absolute atomic E-state index is 0.0803. The highest BCUT2D eigenvalue weighted by Gasteiger charge is 2.18. The predicted molar refractivity (Wildman–Crippen MR) is 73.7 cm³/mol. The number of aromatic amines is 1. The number of fused-ring (bicyclic) bond motifs is 1. The molecule has 0 amide bonds. The molecule has 106 valence electrons. The maximum Gasteiger partial charge on any atom is 0.336 e. The van der Waals surface area contributed by atoms with Crippen LogP contribution in [-0.2, 0) is 0 Å². The van der Waals surface area contributed by atoms with Gasteiger partial charge < -0.3 is 10.1 Å². The molecule has 21 heavy (non-hydrogen) atoms. The number of pyridine rings is 1. The number of carboxylic acids is 1. The monoisotopic (exact) mass is 285 g/mol. The molecule has 0 atom stereocenters. The van der Waals surface area contributed by atoms with Crippen molar-refractivity contribution >= 4 is 17.0 Å². The second kappa shape index (κ2) is 4.51. The Labute approximate surface area is 118 Å². The van der Waals surface area contributed by atoms with Crippen LogP contribution in [0.4, 0.5) is 0 Å². The van der Waals surface area contributed by atoms with Crippen LogP contribution < -0.4 is 5.56 Å². The average molecular weight is 285 g/mol. The number of aromatic nitrogens is 5. The van der Waals surface area contributed by atoms with Crippen molar-refractivity contribution in [1.29, 1.82) is 0 Å². The molecule has 2 N–H and O–H groups in total. The van der Waals surface area contributed by atoms with Crippen molar-refractivity contribution in [2.24, 2.45) is 0 Å². The third kappa shape index (κ3) is 2.06. The minimum Gasteiger partial charge on any atom is -0.478 e. The van der Waals surface area contributed by atoms with Crippen LogP contribution in [-0.4, -0.2) is 35.8 Å². The smallest absolute Gasteiger partial charge is 0.336 e. The standard InChI is InChI=1S/C13H11N5O3/c1-6-3-9(15-5-14-6)18-12-11(7(2)17-18)8(13(20)21)4-10(19)16-12/h3-5H,1-2H3,(H,16,19)(H,20,21). The zero-order valence-electron chi connectivity index (χ0n) is 11.3. The lowest BCUT2D eigenvalue weighted by atomic mass is 10.1. The molecular formula is C13H11N5O3. The molecule has 0 saturated heterocycles. The molecular weight excluding hydrogens is 274 g/mol. The van der Waals surface area contributed by atoms with Gasteiger partial charge in [0.05, 0.1) is 16.6 Å². The molecule has 3 aromatic heterocycles. The molecule has 0 aromatic carbocycles. The molecule has 0 radical (unpaired) electrons. The molecule has 8 nitrogen and oxygen atoms in total. The fraction of sp³-hybridized carbons (Fsp3) is 0.154. The van der Waals surface area contributed by atoms with Crippen LogP contribution in [0.2, 0.25) is 0 Å². The van der Waals surface area contributed by atoms with Crippen LogP contribution in [0.1, 0.15) is 21.7 Å². The van der Waals surface area contributed by atoms with Crippen molar-refractivity contribution in [2.75, 3.05) is 0 Å². The van der Waals surface area contributed by atoms with Gasteiger partial charge in [-0.05, 0) is 13.8 Å². The van der Waals surface area contributed by atoms with E-state index in [0.29, 0.717) is 22.5 Å². The lowest BCUT2D eigenvalue weighted by Crippen LogP contribution is -2.12. The Morgan fingerprint density at radius 2 is 2.05 bits per heavy atom. The van der Waals surface area contributed by atoms with E-state index in [0.717, 1.165) is 11.8 Å². The molecule has 0 fully saturated rings. The molecule has 0 unspecified atom stereocenters. The van der Waals surface area contributed by atoms with E-state index >= 15 is 0 Å². The summed E-state index contributed by atoms with van der Waals surface area (Å²) < 4.78 is 1.41. The van der Waals surface area contributed by atoms with E-state index in [9.17, 15) is 14.7 Å². The van der Waals surface area contributed by atoms with Crippen LogP contribution in [0.25, 0.3) is 16.9 Å². The maximum atomic E-state index is 11.7. The quantitative estimate of drug-likeness (QED) is 0.720. The van der Waals surface area contributed by atoms with Gasteiger partial charge in [-0.3, -0.25) is 4.79 Å². The van der Waals surface area contributed by atoms with Crippen molar-refractivity contribution in [3.63, 3.8) is 0 Å². The first-order valence-electron chi connectivity index (χ1n) is 6.12. The van der Waals surface area contributed by atoms with E-state index in [1.165, 1.54) is 11.0 Å². The van der Waals surface area contributed by atoms with E-state index in [-0.39, 0.29) is 5.56 Å². The number of aromatic carboxylic acids is 1. The zero-order valence-corrected chi connectivity index (χ0v) is 11.3. The first-order chi connectivity index (χ1) is 9.97. The molecule has 3 heterocycles. The van der Waals surface area contributed by atoms with Gasteiger partial charge in [0.25, 0.3) is 0 Å². The van der Waals surface area contributed by atoms with Crippen molar-refractivity contribution in [3.05, 3.63) is 45.8 Å². The Balaban J connectivity index is 2.41. The second-order valence-corrected chi connectivity index (χ2v) is 4.59. The van der Waals surface area contributed by atoms with E-state index in [1.807, 2.05) is 0 Å². The summed E-state index contributed by atoms with van der Waals surface area (Å²) in [5.41, 5.74) is 0.943. The fourth-order valence-corrected chi connectivity index (χ4v) is 2.21. The van der Waals surface area contributed by atoms with Gasteiger partial charge in [0.2, 0.25) is 5.56 Å². The van der Waals surface area contributed by atoms with Gasteiger partial charge in [-0.15, -0.1) is 0 Å². The van der Waals surface area contributed by atoms with Crippen LogP contribution in [0.5, 0.6) is 0 Å². The molecule has 0 aliphatic heterocycles. The molecule has 0 aliphatic rings. The largest absolute Gasteiger partial charge is 0.478 e. The number of nitrogens with one attached hydrogen (secondary N) is 1. The lowest BCUT2D eigenvalue weighted by molar-refractivity contribution is 0.0698. The predicted octanol–water partition coefficient (Wildman–Crippen LogP) is 0.819. The van der Waals surface area contributed by atoms with Crippen LogP contribution in [0, 0.1) is 13.8 Å². The molecule has 3 rings (SSSR count). The number of nitrogens with zero attached hydrogens (tertiary/aromatic N) is 4. The summed E-state index contributed by atoms with van der Waals surface area (Å²) in [6.45, 7) is 3.48. The first-order valence-corrected chi connectivity index (χ1v) is 6.12. The first kappa shape index (κ1) is 13.0. The number of aryl methyl sites for hydroxylation is 2. The summed E-state index contributed by atoms with van der Waals surface area (Å²) in [5.74, 6) is -0.716. The molecule has 8 heteroatoms. The normalized spacial score (nSPS) is 11.0. The third-order valence-electron chi connectivity index (χ3n) is 3.08.